The van der Waals surface area contributed by atoms with Crippen LogP contribution in [0.3, 0.4) is 0 Å². The van der Waals surface area contributed by atoms with Crippen molar-refractivity contribution in [3.63, 3.8) is 0 Å². The number of urea groups is 1. The van der Waals surface area contributed by atoms with E-state index in [1.807, 2.05) is 65.8 Å². The van der Waals surface area contributed by atoms with Crippen LogP contribution in [-0.4, -0.2) is 97.2 Å². The van der Waals surface area contributed by atoms with Crippen LogP contribution >= 0.6 is 0 Å². The number of likely N-dealkylation sites (N-methyl/N-ethyl adjacent to an activating group) is 1. The van der Waals surface area contributed by atoms with Gasteiger partial charge in [0.2, 0.25) is 27.6 Å². The number of fused-ring (bicyclic) bond motifs is 1. The summed E-state index contributed by atoms with van der Waals surface area (Å²) in [5.41, 5.74) is 1.63. The third-order valence-corrected chi connectivity index (χ3v) is 12.4. The standard InChI is InChI=1S/C38H60N6O7S/c1-10-13-18-29(33(45)35(47)39-11-2)40-34(46)32-28(24(4)5)19-20-44(32)36(48)31(27-21-25-16-14-15-17-26(25)22-27)42-37(49)41-30(38(6,7)8)23-43(9)52(50,51)12-3/h11,14-17,24,27-32H,2,10,12-13,18-23H2,1,3-9H3,(H,39,47)(H,40,46)(H2,41,42,49)/t28-,29?,30-,31+,32+/m1/s1. The van der Waals surface area contributed by atoms with Crippen LogP contribution in [0.2, 0.25) is 0 Å². The van der Waals surface area contributed by atoms with Crippen LogP contribution in [0.25, 0.3) is 0 Å². The number of carbonyl (C=O) groups is 5. The number of amides is 5. The molecule has 4 N–H and O–H groups in total. The minimum absolute atomic E-state index is 0.0109. The van der Waals surface area contributed by atoms with E-state index in [4.69, 9.17) is 0 Å². The number of unbranched alkanes of at least 4 members (excludes halogenated alkanes) is 1. The number of likely N-dealkylation sites (tertiary alicyclic amines) is 1. The fourth-order valence-electron chi connectivity index (χ4n) is 7.21. The van der Waals surface area contributed by atoms with Gasteiger partial charge in [-0.15, -0.1) is 0 Å². The molecule has 1 aromatic rings. The maximum Gasteiger partial charge on any atom is 0.315 e. The van der Waals surface area contributed by atoms with Crippen molar-refractivity contribution in [2.45, 2.75) is 111 Å². The number of carbonyl (C=O) groups excluding carboxylic acids is 5. The van der Waals surface area contributed by atoms with Gasteiger partial charge in [-0.2, -0.15) is 0 Å². The molecule has 5 amide bonds. The average molecular weight is 745 g/mol. The highest BCUT2D eigenvalue weighted by molar-refractivity contribution is 7.89. The molecule has 1 unspecified atom stereocenters. The summed E-state index contributed by atoms with van der Waals surface area (Å²) in [5, 5.41) is 11.0. The van der Waals surface area contributed by atoms with Crippen LogP contribution in [-0.2, 0) is 42.0 Å². The minimum atomic E-state index is -3.52. The zero-order chi connectivity index (χ0) is 39.0. The number of Topliss-reactive ketones (excluding diaryl/α,β-unsaturated/α-hetero) is 1. The van der Waals surface area contributed by atoms with E-state index in [9.17, 15) is 32.4 Å². The number of nitrogens with zero attached hydrogens (tertiary/aromatic N) is 2. The molecule has 52 heavy (non-hydrogen) atoms. The highest BCUT2D eigenvalue weighted by atomic mass is 32.2. The lowest BCUT2D eigenvalue weighted by Gasteiger charge is -2.36. The molecule has 13 nitrogen and oxygen atoms in total. The van der Waals surface area contributed by atoms with Crippen molar-refractivity contribution >= 4 is 39.6 Å². The summed E-state index contributed by atoms with van der Waals surface area (Å²) in [6.07, 6.45) is 4.33. The van der Waals surface area contributed by atoms with E-state index in [0.29, 0.717) is 25.7 Å². The number of hydrogen-bond acceptors (Lipinski definition) is 7. The van der Waals surface area contributed by atoms with Gasteiger partial charge in [0.1, 0.15) is 12.1 Å². The van der Waals surface area contributed by atoms with Crippen molar-refractivity contribution in [1.29, 1.82) is 0 Å². The number of sulfonamides is 1. The van der Waals surface area contributed by atoms with Gasteiger partial charge in [0.25, 0.3) is 5.91 Å². The molecular formula is C38H60N6O7S. The van der Waals surface area contributed by atoms with Gasteiger partial charge in [0.05, 0.1) is 11.8 Å². The van der Waals surface area contributed by atoms with E-state index < -0.39 is 69.1 Å². The van der Waals surface area contributed by atoms with Gasteiger partial charge in [-0.05, 0) is 73.1 Å². The Balaban J connectivity index is 1.95. The highest BCUT2D eigenvalue weighted by Gasteiger charge is 2.48. The van der Waals surface area contributed by atoms with Crippen molar-refractivity contribution in [2.75, 3.05) is 25.9 Å². The Morgan fingerprint density at radius 3 is 2.15 bits per heavy atom. The zero-order valence-electron chi connectivity index (χ0n) is 32.2. The molecule has 1 aromatic carbocycles. The van der Waals surface area contributed by atoms with Gasteiger partial charge in [0, 0.05) is 26.2 Å². The van der Waals surface area contributed by atoms with Gasteiger partial charge in [-0.3, -0.25) is 19.2 Å². The number of ketones is 1. The van der Waals surface area contributed by atoms with Crippen LogP contribution in [0, 0.1) is 23.2 Å². The molecule has 0 radical (unpaired) electrons. The first-order valence-corrected chi connectivity index (χ1v) is 20.1. The first-order chi connectivity index (χ1) is 24.4. The van der Waals surface area contributed by atoms with Gasteiger partial charge >= 0.3 is 6.03 Å². The molecule has 2 aliphatic rings. The Morgan fingerprint density at radius 2 is 1.63 bits per heavy atom. The maximum atomic E-state index is 14.8. The quantitative estimate of drug-likeness (QED) is 0.177. The predicted octanol–water partition coefficient (Wildman–Crippen LogP) is 3.14. The molecule has 14 heteroatoms. The number of benzene rings is 1. The Kier molecular flexibility index (Phi) is 15.0. The Hall–Kier alpha value is -3.78. The van der Waals surface area contributed by atoms with Crippen molar-refractivity contribution in [3.8, 4) is 0 Å². The molecule has 1 heterocycles. The third-order valence-electron chi connectivity index (χ3n) is 10.5. The molecule has 0 bridgehead atoms. The summed E-state index contributed by atoms with van der Waals surface area (Å²) in [6, 6.07) is 3.66. The molecular weight excluding hydrogens is 685 g/mol. The number of nitrogens with one attached hydrogen (secondary N) is 4. The summed E-state index contributed by atoms with van der Waals surface area (Å²) in [7, 11) is -2.04. The van der Waals surface area contributed by atoms with Crippen LogP contribution in [0.1, 0.15) is 85.3 Å². The Bertz CT molecular complexity index is 1550. The number of rotatable bonds is 17. The van der Waals surface area contributed by atoms with Crippen molar-refractivity contribution in [1.82, 2.24) is 30.5 Å². The predicted molar refractivity (Wildman–Crippen MR) is 201 cm³/mol. The molecule has 1 aliphatic carbocycles. The zero-order valence-corrected chi connectivity index (χ0v) is 33.0. The lowest BCUT2D eigenvalue weighted by Crippen LogP contribution is -2.61. The highest BCUT2D eigenvalue weighted by Crippen LogP contribution is 2.35. The van der Waals surface area contributed by atoms with E-state index >= 15 is 0 Å². The maximum absolute atomic E-state index is 14.8. The van der Waals surface area contributed by atoms with Crippen molar-refractivity contribution < 1.29 is 32.4 Å². The average Bonchev–Trinajstić information content (AvgIpc) is 3.73. The van der Waals surface area contributed by atoms with E-state index in [1.54, 1.807) is 6.92 Å². The lowest BCUT2D eigenvalue weighted by atomic mass is 9.86. The van der Waals surface area contributed by atoms with Gasteiger partial charge in [0.15, 0.2) is 0 Å². The largest absolute Gasteiger partial charge is 0.344 e. The van der Waals surface area contributed by atoms with Crippen LogP contribution in [0.4, 0.5) is 4.79 Å². The molecule has 1 fully saturated rings. The van der Waals surface area contributed by atoms with Crippen LogP contribution in [0.5, 0.6) is 0 Å². The fraction of sp³-hybridized carbons (Fsp3) is 0.658. The van der Waals surface area contributed by atoms with Gasteiger partial charge in [-0.1, -0.05) is 85.2 Å². The smallest absolute Gasteiger partial charge is 0.315 e. The summed E-state index contributed by atoms with van der Waals surface area (Å²) in [6.45, 7) is 16.9. The van der Waals surface area contributed by atoms with Crippen molar-refractivity contribution in [2.24, 2.45) is 23.2 Å². The molecule has 0 spiro atoms. The van der Waals surface area contributed by atoms with Crippen LogP contribution < -0.4 is 21.3 Å². The molecule has 1 aliphatic heterocycles. The Morgan fingerprint density at radius 1 is 1.02 bits per heavy atom. The molecule has 1 saturated heterocycles. The molecule has 0 saturated carbocycles. The SMILES string of the molecule is C=CNC(=O)C(=O)C(CCCC)NC(=O)[C@@H]1[C@@H](C(C)C)CCN1C(=O)[C@@H](NC(=O)N[C@H](CN(C)S(=O)(=O)CC)C(C)(C)C)C1Cc2ccccc2C1. The van der Waals surface area contributed by atoms with Crippen molar-refractivity contribution in [3.05, 3.63) is 48.2 Å². The van der Waals surface area contributed by atoms with E-state index in [0.717, 1.165) is 23.7 Å². The second-order valence-electron chi connectivity index (χ2n) is 15.6. The fourth-order valence-corrected chi connectivity index (χ4v) is 8.03. The molecule has 3 rings (SSSR count). The second-order valence-corrected chi connectivity index (χ2v) is 17.9. The monoisotopic (exact) mass is 744 g/mol. The minimum Gasteiger partial charge on any atom is -0.344 e. The number of hydrogen-bond donors (Lipinski definition) is 4. The molecule has 5 atom stereocenters. The first kappa shape index (κ1) is 42.6. The van der Waals surface area contributed by atoms with Gasteiger partial charge in [-0.25, -0.2) is 17.5 Å². The van der Waals surface area contributed by atoms with E-state index in [2.05, 4.69) is 27.8 Å². The lowest BCUT2D eigenvalue weighted by molar-refractivity contribution is -0.144. The molecule has 290 valence electrons. The molecule has 0 aromatic heterocycles. The first-order valence-electron chi connectivity index (χ1n) is 18.5. The summed E-state index contributed by atoms with van der Waals surface area (Å²) >= 11 is 0. The van der Waals surface area contributed by atoms with E-state index in [-0.39, 0.29) is 43.0 Å². The normalized spacial score (nSPS) is 19.5. The van der Waals surface area contributed by atoms with Gasteiger partial charge < -0.3 is 26.2 Å². The second kappa shape index (κ2) is 18.3. The summed E-state index contributed by atoms with van der Waals surface area (Å²) in [4.78, 5) is 69.9. The Labute approximate surface area is 310 Å². The third kappa shape index (κ3) is 10.6. The summed E-state index contributed by atoms with van der Waals surface area (Å²) in [5.74, 6) is -3.20. The topological polar surface area (TPSA) is 174 Å². The van der Waals surface area contributed by atoms with Crippen LogP contribution in [0.15, 0.2) is 37.0 Å². The van der Waals surface area contributed by atoms with E-state index in [1.165, 1.54) is 16.3 Å². The summed E-state index contributed by atoms with van der Waals surface area (Å²) < 4.78 is 26.4.